The maximum atomic E-state index is 12.6. The largest absolute Gasteiger partial charge is 0.476 e. The average molecular weight is 479 g/mol. The lowest BCUT2D eigenvalue weighted by Gasteiger charge is -2.31. The van der Waals surface area contributed by atoms with Crippen LogP contribution in [0.1, 0.15) is 90.6 Å². The van der Waals surface area contributed by atoms with Crippen LogP contribution in [0.5, 0.6) is 5.75 Å². The molecule has 1 aromatic heterocycles. The van der Waals surface area contributed by atoms with Gasteiger partial charge in [-0.05, 0) is 97.1 Å². The number of carbonyl (C=O) groups excluding carboxylic acids is 1. The summed E-state index contributed by atoms with van der Waals surface area (Å²) in [7, 11) is 0. The smallest absolute Gasteiger partial charge is 0.350 e. The standard InChI is InChI=1S/C29H38N2O4/c1-19(21-10-9-11-23(18-21)34-29(5,6)27(32)35-28(2,3)4)30-22-16-14-20(15-17-22)26-31-24-12-7-8-13-25(24)33-26/h7-13,18-20,22,30H,14-17H2,1-6H3. The number of ether oxygens (including phenoxy) is 2. The molecule has 1 atom stereocenters. The predicted octanol–water partition coefficient (Wildman–Crippen LogP) is 6.70. The Balaban J connectivity index is 1.33. The molecule has 1 saturated carbocycles. The summed E-state index contributed by atoms with van der Waals surface area (Å²) in [4.78, 5) is 17.3. The summed E-state index contributed by atoms with van der Waals surface area (Å²) in [6.45, 7) is 11.2. The van der Waals surface area contributed by atoms with Crippen molar-refractivity contribution in [2.45, 2.75) is 96.4 Å². The van der Waals surface area contributed by atoms with Crippen molar-refractivity contribution in [2.75, 3.05) is 0 Å². The molecule has 2 aromatic carbocycles. The van der Waals surface area contributed by atoms with Gasteiger partial charge in [0, 0.05) is 18.0 Å². The van der Waals surface area contributed by atoms with Crippen molar-refractivity contribution in [3.05, 3.63) is 60.0 Å². The molecule has 0 saturated heterocycles. The quantitative estimate of drug-likeness (QED) is 0.381. The van der Waals surface area contributed by atoms with Crippen molar-refractivity contribution >= 4 is 17.1 Å². The normalized spacial score (nSPS) is 19.9. The molecule has 1 N–H and O–H groups in total. The van der Waals surface area contributed by atoms with Gasteiger partial charge >= 0.3 is 5.97 Å². The van der Waals surface area contributed by atoms with Crippen LogP contribution < -0.4 is 10.1 Å². The van der Waals surface area contributed by atoms with E-state index in [1.165, 1.54) is 0 Å². The zero-order valence-electron chi connectivity index (χ0n) is 21.8. The first-order valence-corrected chi connectivity index (χ1v) is 12.6. The third kappa shape index (κ3) is 6.43. The van der Waals surface area contributed by atoms with Crippen LogP contribution in [0.4, 0.5) is 0 Å². The lowest BCUT2D eigenvalue weighted by molar-refractivity contribution is -0.170. The van der Waals surface area contributed by atoms with Crippen LogP contribution >= 0.6 is 0 Å². The second-order valence-corrected chi connectivity index (χ2v) is 11.1. The van der Waals surface area contributed by atoms with Gasteiger partial charge in [0.25, 0.3) is 0 Å². The molecular formula is C29H38N2O4. The maximum Gasteiger partial charge on any atom is 0.350 e. The fourth-order valence-electron chi connectivity index (χ4n) is 4.61. The van der Waals surface area contributed by atoms with Gasteiger partial charge in [-0.15, -0.1) is 0 Å². The lowest BCUT2D eigenvalue weighted by atomic mass is 9.85. The Morgan fingerprint density at radius 3 is 2.43 bits per heavy atom. The molecule has 1 unspecified atom stereocenters. The molecule has 4 rings (SSSR count). The minimum atomic E-state index is -1.08. The molecule has 35 heavy (non-hydrogen) atoms. The molecule has 0 aliphatic heterocycles. The third-order valence-electron chi connectivity index (χ3n) is 6.49. The first kappa shape index (κ1) is 25.2. The van der Waals surface area contributed by atoms with E-state index in [0.717, 1.165) is 48.2 Å². The third-order valence-corrected chi connectivity index (χ3v) is 6.49. The number of benzene rings is 2. The molecule has 1 fully saturated rings. The summed E-state index contributed by atoms with van der Waals surface area (Å²) in [6, 6.07) is 16.5. The summed E-state index contributed by atoms with van der Waals surface area (Å²) in [5, 5.41) is 3.78. The lowest BCUT2D eigenvalue weighted by Crippen LogP contribution is -2.43. The van der Waals surface area contributed by atoms with E-state index in [1.54, 1.807) is 13.8 Å². The van der Waals surface area contributed by atoms with Crippen LogP contribution in [0.2, 0.25) is 0 Å². The molecule has 6 nitrogen and oxygen atoms in total. The average Bonchev–Trinajstić information content (AvgIpc) is 3.22. The molecular weight excluding hydrogens is 440 g/mol. The number of aromatic nitrogens is 1. The van der Waals surface area contributed by atoms with Crippen LogP contribution in [-0.2, 0) is 9.53 Å². The Labute approximate surface area is 208 Å². The van der Waals surface area contributed by atoms with Crippen LogP contribution in [0.15, 0.2) is 52.9 Å². The minimum absolute atomic E-state index is 0.161. The first-order chi connectivity index (χ1) is 16.5. The molecule has 6 heteroatoms. The number of rotatable bonds is 7. The van der Waals surface area contributed by atoms with Crippen molar-refractivity contribution in [2.24, 2.45) is 0 Å². The molecule has 3 aromatic rings. The molecule has 0 spiro atoms. The first-order valence-electron chi connectivity index (χ1n) is 12.6. The fraction of sp³-hybridized carbons (Fsp3) is 0.517. The molecule has 188 valence electrons. The number of fused-ring (bicyclic) bond motifs is 1. The Kier molecular flexibility index (Phi) is 7.22. The maximum absolute atomic E-state index is 12.6. The Hall–Kier alpha value is -2.86. The van der Waals surface area contributed by atoms with Gasteiger partial charge < -0.3 is 19.2 Å². The molecule has 1 aliphatic carbocycles. The van der Waals surface area contributed by atoms with Gasteiger partial charge in [0.2, 0.25) is 0 Å². The van der Waals surface area contributed by atoms with Gasteiger partial charge in [0.1, 0.15) is 16.9 Å². The van der Waals surface area contributed by atoms with E-state index in [-0.39, 0.29) is 12.0 Å². The second-order valence-electron chi connectivity index (χ2n) is 11.1. The van der Waals surface area contributed by atoms with E-state index >= 15 is 0 Å². The van der Waals surface area contributed by atoms with E-state index in [2.05, 4.69) is 18.3 Å². The van der Waals surface area contributed by atoms with Crippen molar-refractivity contribution in [3.8, 4) is 5.75 Å². The van der Waals surface area contributed by atoms with Crippen molar-refractivity contribution in [3.63, 3.8) is 0 Å². The van der Waals surface area contributed by atoms with Gasteiger partial charge in [-0.1, -0.05) is 24.3 Å². The Bertz CT molecular complexity index is 1120. The fourth-order valence-corrected chi connectivity index (χ4v) is 4.61. The number of carbonyl (C=O) groups is 1. The van der Waals surface area contributed by atoms with Gasteiger partial charge in [-0.25, -0.2) is 9.78 Å². The monoisotopic (exact) mass is 478 g/mol. The van der Waals surface area contributed by atoms with E-state index in [4.69, 9.17) is 18.9 Å². The number of nitrogens with one attached hydrogen (secondary N) is 1. The van der Waals surface area contributed by atoms with Crippen LogP contribution in [0.3, 0.4) is 0 Å². The summed E-state index contributed by atoms with van der Waals surface area (Å²) in [5.41, 5.74) is 1.30. The number of para-hydroxylation sites is 2. The Morgan fingerprint density at radius 1 is 1.03 bits per heavy atom. The van der Waals surface area contributed by atoms with Crippen molar-refractivity contribution < 1.29 is 18.7 Å². The summed E-state index contributed by atoms with van der Waals surface area (Å²) >= 11 is 0. The van der Waals surface area contributed by atoms with Gasteiger partial charge in [0.15, 0.2) is 17.1 Å². The van der Waals surface area contributed by atoms with Crippen molar-refractivity contribution in [1.82, 2.24) is 10.3 Å². The molecule has 1 heterocycles. The van der Waals surface area contributed by atoms with Crippen LogP contribution in [0, 0.1) is 0 Å². The van der Waals surface area contributed by atoms with Gasteiger partial charge in [0.05, 0.1) is 0 Å². The molecule has 1 aliphatic rings. The highest BCUT2D eigenvalue weighted by Crippen LogP contribution is 2.35. The summed E-state index contributed by atoms with van der Waals surface area (Å²) < 4.78 is 17.6. The predicted molar refractivity (Wildman–Crippen MR) is 138 cm³/mol. The number of oxazole rings is 1. The zero-order chi connectivity index (χ0) is 25.2. The second kappa shape index (κ2) is 10.0. The minimum Gasteiger partial charge on any atom is -0.476 e. The zero-order valence-corrected chi connectivity index (χ0v) is 21.8. The highest BCUT2D eigenvalue weighted by Gasteiger charge is 2.35. The van der Waals surface area contributed by atoms with Crippen molar-refractivity contribution in [1.29, 1.82) is 0 Å². The van der Waals surface area contributed by atoms with E-state index in [1.807, 2.05) is 63.2 Å². The number of nitrogens with zero attached hydrogens (tertiary/aromatic N) is 1. The summed E-state index contributed by atoms with van der Waals surface area (Å²) in [6.07, 6.45) is 4.28. The van der Waals surface area contributed by atoms with Crippen LogP contribution in [-0.4, -0.2) is 28.2 Å². The van der Waals surface area contributed by atoms with E-state index in [0.29, 0.717) is 17.7 Å². The van der Waals surface area contributed by atoms with Gasteiger partial charge in [-0.3, -0.25) is 0 Å². The SMILES string of the molecule is CC(NC1CCC(c2nc3ccccc3o2)CC1)c1cccc(OC(C)(C)C(=O)OC(C)(C)C)c1. The Morgan fingerprint density at radius 2 is 1.74 bits per heavy atom. The molecule has 0 radical (unpaired) electrons. The highest BCUT2D eigenvalue weighted by molar-refractivity contribution is 5.79. The molecule has 0 amide bonds. The van der Waals surface area contributed by atoms with E-state index in [9.17, 15) is 4.79 Å². The summed E-state index contributed by atoms with van der Waals surface area (Å²) in [5.74, 6) is 1.53. The molecule has 0 bridgehead atoms. The van der Waals surface area contributed by atoms with Crippen LogP contribution in [0.25, 0.3) is 11.1 Å². The topological polar surface area (TPSA) is 73.6 Å². The number of hydrogen-bond donors (Lipinski definition) is 1. The highest BCUT2D eigenvalue weighted by atomic mass is 16.6. The number of esters is 1. The van der Waals surface area contributed by atoms with Gasteiger partial charge in [-0.2, -0.15) is 0 Å². The van der Waals surface area contributed by atoms with E-state index < -0.39 is 11.2 Å². The number of hydrogen-bond acceptors (Lipinski definition) is 6.